The quantitative estimate of drug-likeness (QED) is 0.798. The highest BCUT2D eigenvalue weighted by Gasteiger charge is 2.41. The van der Waals surface area contributed by atoms with E-state index in [0.29, 0.717) is 12.1 Å². The maximum absolute atomic E-state index is 6.53. The van der Waals surface area contributed by atoms with E-state index in [1.807, 2.05) is 0 Å². The molecule has 1 aliphatic carbocycles. The van der Waals surface area contributed by atoms with E-state index in [9.17, 15) is 0 Å². The summed E-state index contributed by atoms with van der Waals surface area (Å²) in [6, 6.07) is 1.88. The number of likely N-dealkylation sites (tertiary alicyclic amines) is 2. The van der Waals surface area contributed by atoms with Gasteiger partial charge in [-0.25, -0.2) is 0 Å². The van der Waals surface area contributed by atoms with Crippen LogP contribution in [0.25, 0.3) is 0 Å². The molecule has 3 rings (SSSR count). The van der Waals surface area contributed by atoms with Crippen molar-refractivity contribution in [2.45, 2.75) is 64.1 Å². The van der Waals surface area contributed by atoms with Crippen molar-refractivity contribution in [3.05, 3.63) is 0 Å². The molecule has 3 nitrogen and oxygen atoms in total. The van der Waals surface area contributed by atoms with Gasteiger partial charge in [-0.2, -0.15) is 0 Å². The van der Waals surface area contributed by atoms with Crippen molar-refractivity contribution in [3.63, 3.8) is 0 Å². The molecule has 2 aliphatic heterocycles. The smallest absolute Gasteiger partial charge is 0.0273 e. The van der Waals surface area contributed by atoms with E-state index in [4.69, 9.17) is 5.73 Å². The second kappa shape index (κ2) is 5.94. The lowest BCUT2D eigenvalue weighted by molar-refractivity contribution is -0.0112. The summed E-state index contributed by atoms with van der Waals surface area (Å²) in [6.07, 6.45) is 6.75. The Hall–Kier alpha value is -0.120. The molecule has 3 aliphatic rings. The minimum absolute atomic E-state index is 0.395. The fourth-order valence-corrected chi connectivity index (χ4v) is 5.48. The number of piperidine rings is 2. The van der Waals surface area contributed by atoms with Crippen LogP contribution in [-0.4, -0.2) is 54.6 Å². The molecule has 6 unspecified atom stereocenters. The molecule has 0 aromatic rings. The third-order valence-electron chi connectivity index (χ3n) is 6.27. The minimum Gasteiger partial charge on any atom is -0.326 e. The van der Waals surface area contributed by atoms with Gasteiger partial charge < -0.3 is 10.6 Å². The number of rotatable bonds is 1. The Morgan fingerprint density at radius 1 is 1.05 bits per heavy atom. The first-order chi connectivity index (χ1) is 9.56. The highest BCUT2D eigenvalue weighted by molar-refractivity contribution is 4.97. The predicted molar refractivity (Wildman–Crippen MR) is 84.7 cm³/mol. The van der Waals surface area contributed by atoms with Crippen molar-refractivity contribution in [3.8, 4) is 0 Å². The van der Waals surface area contributed by atoms with Crippen LogP contribution in [0.2, 0.25) is 0 Å². The number of nitrogens with two attached hydrogens (primary N) is 1. The van der Waals surface area contributed by atoms with Gasteiger partial charge in [-0.15, -0.1) is 0 Å². The molecule has 116 valence electrons. The molecule has 0 aromatic heterocycles. The van der Waals surface area contributed by atoms with Gasteiger partial charge >= 0.3 is 0 Å². The van der Waals surface area contributed by atoms with Gasteiger partial charge in [0.25, 0.3) is 0 Å². The van der Waals surface area contributed by atoms with Gasteiger partial charge in [-0.3, -0.25) is 4.90 Å². The third kappa shape index (κ3) is 2.77. The van der Waals surface area contributed by atoms with Crippen LogP contribution in [0.5, 0.6) is 0 Å². The van der Waals surface area contributed by atoms with Crippen molar-refractivity contribution in [2.24, 2.45) is 23.5 Å². The van der Waals surface area contributed by atoms with E-state index >= 15 is 0 Å². The molecule has 20 heavy (non-hydrogen) atoms. The number of hydrogen-bond donors (Lipinski definition) is 1. The lowest BCUT2D eigenvalue weighted by Crippen LogP contribution is -2.61. The summed E-state index contributed by atoms with van der Waals surface area (Å²) in [7, 11) is 2.32. The standard InChI is InChI=1S/C17H33N3/c1-12-9-13(2)17(15(18)10-12)20-8-6-16-14(11-20)5-4-7-19(16)3/h12-17H,4-11,18H2,1-3H3. The van der Waals surface area contributed by atoms with Crippen LogP contribution in [0, 0.1) is 17.8 Å². The summed E-state index contributed by atoms with van der Waals surface area (Å²) in [5.41, 5.74) is 6.53. The molecule has 0 aromatic carbocycles. The summed E-state index contributed by atoms with van der Waals surface area (Å²) in [5.74, 6) is 2.47. The van der Waals surface area contributed by atoms with Gasteiger partial charge in [0.2, 0.25) is 0 Å². The first kappa shape index (κ1) is 14.8. The highest BCUT2D eigenvalue weighted by Crippen LogP contribution is 2.36. The number of nitrogens with zero attached hydrogens (tertiary/aromatic N) is 2. The first-order valence-corrected chi connectivity index (χ1v) is 8.76. The molecule has 2 saturated heterocycles. The molecular weight excluding hydrogens is 246 g/mol. The molecule has 0 bridgehead atoms. The van der Waals surface area contributed by atoms with Crippen LogP contribution >= 0.6 is 0 Å². The van der Waals surface area contributed by atoms with Gasteiger partial charge in [0.15, 0.2) is 0 Å². The summed E-state index contributed by atoms with van der Waals surface area (Å²) >= 11 is 0. The Labute approximate surface area is 124 Å². The van der Waals surface area contributed by atoms with Crippen molar-refractivity contribution in [1.29, 1.82) is 0 Å². The summed E-state index contributed by atoms with van der Waals surface area (Å²) in [4.78, 5) is 5.37. The van der Waals surface area contributed by atoms with Crippen molar-refractivity contribution in [1.82, 2.24) is 9.80 Å². The van der Waals surface area contributed by atoms with Crippen molar-refractivity contribution in [2.75, 3.05) is 26.7 Å². The largest absolute Gasteiger partial charge is 0.326 e. The van der Waals surface area contributed by atoms with E-state index in [2.05, 4.69) is 30.7 Å². The molecule has 1 saturated carbocycles. The normalized spacial score (nSPS) is 48.0. The number of fused-ring (bicyclic) bond motifs is 1. The van der Waals surface area contributed by atoms with Gasteiger partial charge in [-0.05, 0) is 63.5 Å². The van der Waals surface area contributed by atoms with Crippen molar-refractivity contribution < 1.29 is 0 Å². The minimum atomic E-state index is 0.395. The van der Waals surface area contributed by atoms with Crippen LogP contribution in [-0.2, 0) is 0 Å². The van der Waals surface area contributed by atoms with E-state index in [1.165, 1.54) is 51.7 Å². The molecule has 2 heterocycles. The van der Waals surface area contributed by atoms with Crippen LogP contribution in [0.4, 0.5) is 0 Å². The van der Waals surface area contributed by atoms with Gasteiger partial charge in [0, 0.05) is 31.2 Å². The van der Waals surface area contributed by atoms with Gasteiger partial charge in [0.1, 0.15) is 0 Å². The molecule has 0 radical (unpaired) electrons. The Bertz CT molecular complexity index is 320. The van der Waals surface area contributed by atoms with E-state index < -0.39 is 0 Å². The Morgan fingerprint density at radius 3 is 2.60 bits per heavy atom. The van der Waals surface area contributed by atoms with Gasteiger partial charge in [0.05, 0.1) is 0 Å². The lowest BCUT2D eigenvalue weighted by Gasteiger charge is -2.51. The van der Waals surface area contributed by atoms with E-state index in [-0.39, 0.29) is 0 Å². The lowest BCUT2D eigenvalue weighted by atomic mass is 9.74. The fourth-order valence-electron chi connectivity index (χ4n) is 5.48. The Kier molecular flexibility index (Phi) is 4.40. The first-order valence-electron chi connectivity index (χ1n) is 8.76. The zero-order valence-electron chi connectivity index (χ0n) is 13.6. The molecule has 0 amide bonds. The second-order valence-corrected chi connectivity index (χ2v) is 7.94. The Morgan fingerprint density at radius 2 is 1.85 bits per heavy atom. The SMILES string of the molecule is CC1CC(C)C(N2CCC3C(CCCN3C)C2)C(N)C1. The fraction of sp³-hybridized carbons (Fsp3) is 1.00. The predicted octanol–water partition coefficient (Wildman–Crippen LogP) is 2.16. The zero-order valence-corrected chi connectivity index (χ0v) is 13.6. The Balaban J connectivity index is 1.66. The van der Waals surface area contributed by atoms with E-state index in [0.717, 1.165) is 23.8 Å². The molecule has 0 spiro atoms. The highest BCUT2D eigenvalue weighted by atomic mass is 15.2. The average Bonchev–Trinajstić information content (AvgIpc) is 2.37. The average molecular weight is 279 g/mol. The molecule has 6 atom stereocenters. The molecule has 3 heteroatoms. The van der Waals surface area contributed by atoms with Crippen LogP contribution in [0.1, 0.15) is 46.0 Å². The topological polar surface area (TPSA) is 32.5 Å². The van der Waals surface area contributed by atoms with Crippen molar-refractivity contribution >= 4 is 0 Å². The second-order valence-electron chi connectivity index (χ2n) is 7.94. The summed E-state index contributed by atoms with van der Waals surface area (Å²) in [5, 5.41) is 0. The van der Waals surface area contributed by atoms with Crippen LogP contribution < -0.4 is 5.73 Å². The zero-order chi connectivity index (χ0) is 14.3. The molecular formula is C17H33N3. The van der Waals surface area contributed by atoms with Crippen LogP contribution in [0.15, 0.2) is 0 Å². The summed E-state index contributed by atoms with van der Waals surface area (Å²) < 4.78 is 0. The molecule has 2 N–H and O–H groups in total. The number of hydrogen-bond acceptors (Lipinski definition) is 3. The maximum atomic E-state index is 6.53. The monoisotopic (exact) mass is 279 g/mol. The molecule has 3 fully saturated rings. The third-order valence-corrected chi connectivity index (χ3v) is 6.27. The van der Waals surface area contributed by atoms with Gasteiger partial charge in [-0.1, -0.05) is 13.8 Å². The van der Waals surface area contributed by atoms with E-state index in [1.54, 1.807) is 0 Å². The maximum Gasteiger partial charge on any atom is 0.0273 e. The summed E-state index contributed by atoms with van der Waals surface area (Å²) in [6.45, 7) is 8.67. The van der Waals surface area contributed by atoms with Crippen LogP contribution in [0.3, 0.4) is 0 Å².